The highest BCUT2D eigenvalue weighted by molar-refractivity contribution is 6.07. The zero-order chi connectivity index (χ0) is 18.8. The van der Waals surface area contributed by atoms with Gasteiger partial charge in [-0.2, -0.15) is 0 Å². The highest BCUT2D eigenvalue weighted by Crippen LogP contribution is 2.28. The molecule has 0 saturated carbocycles. The molecule has 0 aliphatic carbocycles. The Bertz CT molecular complexity index is 904. The Labute approximate surface area is 151 Å². The van der Waals surface area contributed by atoms with Crippen LogP contribution in [0, 0.1) is 19.7 Å². The first-order valence-corrected chi connectivity index (χ1v) is 8.27. The van der Waals surface area contributed by atoms with Gasteiger partial charge in [0.25, 0.3) is 5.91 Å². The molecule has 6 heteroatoms. The number of urea groups is 1. The van der Waals surface area contributed by atoms with Gasteiger partial charge in [-0.15, -0.1) is 0 Å². The van der Waals surface area contributed by atoms with E-state index in [0.717, 1.165) is 11.1 Å². The van der Waals surface area contributed by atoms with Crippen LogP contribution in [0.3, 0.4) is 0 Å². The highest BCUT2D eigenvalue weighted by Gasteiger charge is 2.31. The molecule has 1 aliphatic heterocycles. The van der Waals surface area contributed by atoms with Gasteiger partial charge in [-0.1, -0.05) is 24.3 Å². The fourth-order valence-electron chi connectivity index (χ4n) is 2.96. The van der Waals surface area contributed by atoms with Gasteiger partial charge in [-0.3, -0.25) is 4.79 Å². The minimum Gasteiger partial charge on any atom is -0.327 e. The second-order valence-electron chi connectivity index (χ2n) is 6.39. The van der Waals surface area contributed by atoms with E-state index in [4.69, 9.17) is 0 Å². The van der Waals surface area contributed by atoms with E-state index in [1.165, 1.54) is 12.1 Å². The van der Waals surface area contributed by atoms with Gasteiger partial charge in [-0.05, 0) is 55.7 Å². The molecule has 0 bridgehead atoms. The Kier molecular flexibility index (Phi) is 4.75. The van der Waals surface area contributed by atoms with E-state index in [-0.39, 0.29) is 11.7 Å². The Morgan fingerprint density at radius 1 is 1.08 bits per heavy atom. The van der Waals surface area contributed by atoms with Crippen molar-refractivity contribution in [3.05, 3.63) is 76.2 Å². The Morgan fingerprint density at radius 2 is 1.77 bits per heavy atom. The smallest absolute Gasteiger partial charge is 0.319 e. The Morgan fingerprint density at radius 3 is 2.46 bits per heavy atom. The number of benzene rings is 2. The fourth-order valence-corrected chi connectivity index (χ4v) is 2.96. The van der Waals surface area contributed by atoms with Crippen molar-refractivity contribution in [3.8, 4) is 0 Å². The van der Waals surface area contributed by atoms with Gasteiger partial charge in [0.2, 0.25) is 0 Å². The number of carbonyl (C=O) groups is 2. The average molecular weight is 353 g/mol. The average Bonchev–Trinajstić information content (AvgIpc) is 2.58. The van der Waals surface area contributed by atoms with E-state index in [9.17, 15) is 14.0 Å². The van der Waals surface area contributed by atoms with Crippen molar-refractivity contribution < 1.29 is 14.0 Å². The maximum atomic E-state index is 13.2. The summed E-state index contributed by atoms with van der Waals surface area (Å²) in [5.41, 5.74) is 4.16. The lowest BCUT2D eigenvalue weighted by atomic mass is 9.94. The van der Waals surface area contributed by atoms with Gasteiger partial charge in [0.15, 0.2) is 0 Å². The molecular formula is C20H20FN3O2. The van der Waals surface area contributed by atoms with E-state index in [2.05, 4.69) is 16.0 Å². The molecule has 134 valence electrons. The van der Waals surface area contributed by atoms with Crippen molar-refractivity contribution in [3.63, 3.8) is 0 Å². The topological polar surface area (TPSA) is 70.2 Å². The highest BCUT2D eigenvalue weighted by atomic mass is 19.1. The molecule has 0 fully saturated rings. The van der Waals surface area contributed by atoms with Crippen molar-refractivity contribution >= 4 is 17.6 Å². The molecule has 0 radical (unpaired) electrons. The second kappa shape index (κ2) is 7.00. The van der Waals surface area contributed by atoms with Crippen molar-refractivity contribution in [1.82, 2.24) is 10.6 Å². The van der Waals surface area contributed by atoms with Crippen molar-refractivity contribution in [2.75, 3.05) is 5.32 Å². The minimum absolute atomic E-state index is 0.321. The fraction of sp³-hybridized carbons (Fsp3) is 0.200. The normalized spacial score (nSPS) is 16.8. The predicted molar refractivity (Wildman–Crippen MR) is 98.1 cm³/mol. The summed E-state index contributed by atoms with van der Waals surface area (Å²) in [5, 5.41) is 8.28. The van der Waals surface area contributed by atoms with Crippen molar-refractivity contribution in [2.45, 2.75) is 26.8 Å². The molecular weight excluding hydrogens is 333 g/mol. The van der Waals surface area contributed by atoms with Crippen LogP contribution in [-0.2, 0) is 4.79 Å². The molecule has 3 amide bonds. The molecule has 1 aliphatic rings. The lowest BCUT2D eigenvalue weighted by Crippen LogP contribution is -2.46. The number of hydrogen-bond donors (Lipinski definition) is 3. The number of halogens is 1. The predicted octanol–water partition coefficient (Wildman–Crippen LogP) is 3.71. The van der Waals surface area contributed by atoms with E-state index in [0.29, 0.717) is 22.5 Å². The molecule has 1 heterocycles. The Balaban J connectivity index is 1.96. The standard InChI is InChI=1S/C20H20FN3O2/c1-11-4-5-12(2)16(10-11)23-19(25)17-13(3)22-20(26)24-18(17)14-6-8-15(21)9-7-14/h4-10,18H,1-3H3,(H,23,25)(H2,22,24,26)/t18-/m1/s1. The first kappa shape index (κ1) is 17.7. The molecule has 26 heavy (non-hydrogen) atoms. The lowest BCUT2D eigenvalue weighted by molar-refractivity contribution is -0.113. The van der Waals surface area contributed by atoms with E-state index in [1.807, 2.05) is 32.0 Å². The number of allylic oxidation sites excluding steroid dienone is 1. The maximum absolute atomic E-state index is 13.2. The van der Waals surface area contributed by atoms with Gasteiger partial charge in [0.1, 0.15) is 5.82 Å². The largest absolute Gasteiger partial charge is 0.327 e. The summed E-state index contributed by atoms with van der Waals surface area (Å²) in [6.45, 7) is 5.53. The number of rotatable bonds is 3. The van der Waals surface area contributed by atoms with Gasteiger partial charge in [0, 0.05) is 11.4 Å². The Hall–Kier alpha value is -3.15. The summed E-state index contributed by atoms with van der Waals surface area (Å²) in [6.07, 6.45) is 0. The van der Waals surface area contributed by atoms with Crippen LogP contribution >= 0.6 is 0 Å². The van der Waals surface area contributed by atoms with E-state index in [1.54, 1.807) is 19.1 Å². The molecule has 0 aromatic heterocycles. The van der Waals surface area contributed by atoms with Crippen LogP contribution in [0.2, 0.25) is 0 Å². The summed E-state index contributed by atoms with van der Waals surface area (Å²) in [5.74, 6) is -0.700. The number of amides is 3. The molecule has 0 spiro atoms. The number of hydrogen-bond acceptors (Lipinski definition) is 2. The van der Waals surface area contributed by atoms with Crippen LogP contribution in [-0.4, -0.2) is 11.9 Å². The lowest BCUT2D eigenvalue weighted by Gasteiger charge is -2.29. The SMILES string of the molecule is CC1=C(C(=O)Nc2cc(C)ccc2C)[C@@H](c2ccc(F)cc2)NC(=O)N1. The van der Waals surface area contributed by atoms with Gasteiger partial charge in [-0.25, -0.2) is 9.18 Å². The molecule has 2 aromatic rings. The summed E-state index contributed by atoms with van der Waals surface area (Å²) < 4.78 is 13.2. The number of aryl methyl sites for hydroxylation is 2. The van der Waals surface area contributed by atoms with Crippen LogP contribution in [0.5, 0.6) is 0 Å². The number of nitrogens with one attached hydrogen (secondary N) is 3. The van der Waals surface area contributed by atoms with Crippen molar-refractivity contribution in [2.24, 2.45) is 0 Å². The molecule has 5 nitrogen and oxygen atoms in total. The quantitative estimate of drug-likeness (QED) is 0.787. The number of carbonyl (C=O) groups excluding carboxylic acids is 2. The van der Waals surface area contributed by atoms with E-state index < -0.39 is 12.1 Å². The first-order chi connectivity index (χ1) is 12.3. The minimum atomic E-state index is -0.658. The van der Waals surface area contributed by atoms with Gasteiger partial charge < -0.3 is 16.0 Å². The summed E-state index contributed by atoms with van der Waals surface area (Å²) in [4.78, 5) is 24.9. The molecule has 3 rings (SSSR count). The molecule has 3 N–H and O–H groups in total. The third-order valence-electron chi connectivity index (χ3n) is 4.36. The van der Waals surface area contributed by atoms with E-state index >= 15 is 0 Å². The zero-order valence-electron chi connectivity index (χ0n) is 14.8. The van der Waals surface area contributed by atoms with Gasteiger partial charge in [0.05, 0.1) is 11.6 Å². The van der Waals surface area contributed by atoms with Crippen LogP contribution in [0.1, 0.15) is 29.7 Å². The first-order valence-electron chi connectivity index (χ1n) is 8.27. The monoisotopic (exact) mass is 353 g/mol. The van der Waals surface area contributed by atoms with Gasteiger partial charge >= 0.3 is 6.03 Å². The van der Waals surface area contributed by atoms with Crippen LogP contribution in [0.15, 0.2) is 53.7 Å². The summed E-state index contributed by atoms with van der Waals surface area (Å²) >= 11 is 0. The molecule has 0 saturated heterocycles. The summed E-state index contributed by atoms with van der Waals surface area (Å²) in [6, 6.07) is 10.5. The third-order valence-corrected chi connectivity index (χ3v) is 4.36. The second-order valence-corrected chi connectivity index (χ2v) is 6.39. The zero-order valence-corrected chi connectivity index (χ0v) is 14.8. The molecule has 1 atom stereocenters. The molecule has 2 aromatic carbocycles. The number of anilines is 1. The van der Waals surface area contributed by atoms with Crippen LogP contribution in [0.4, 0.5) is 14.9 Å². The molecule has 0 unspecified atom stereocenters. The maximum Gasteiger partial charge on any atom is 0.319 e. The van der Waals surface area contributed by atoms with Crippen LogP contribution < -0.4 is 16.0 Å². The summed E-state index contributed by atoms with van der Waals surface area (Å²) in [7, 11) is 0. The third kappa shape index (κ3) is 3.59. The van der Waals surface area contributed by atoms with Crippen LogP contribution in [0.25, 0.3) is 0 Å². The van der Waals surface area contributed by atoms with Crippen molar-refractivity contribution in [1.29, 1.82) is 0 Å².